The van der Waals surface area contributed by atoms with E-state index in [2.05, 4.69) is 23.5 Å². The molecular weight excluding hydrogens is 326 g/mol. The van der Waals surface area contributed by atoms with E-state index >= 15 is 0 Å². The Morgan fingerprint density at radius 3 is 2.73 bits per heavy atom. The van der Waals surface area contributed by atoms with Crippen molar-refractivity contribution in [2.45, 2.75) is 24.7 Å². The highest BCUT2D eigenvalue weighted by Crippen LogP contribution is 2.86. The van der Waals surface area contributed by atoms with Gasteiger partial charge in [0.05, 0.1) is 20.3 Å². The smallest absolute Gasteiger partial charge is 0.175 e. The Morgan fingerprint density at radius 1 is 1.04 bits per heavy atom. The van der Waals surface area contributed by atoms with Crippen LogP contribution < -0.4 is 10.1 Å². The van der Waals surface area contributed by atoms with E-state index in [1.165, 1.54) is 12.0 Å². The van der Waals surface area contributed by atoms with Crippen LogP contribution in [0.25, 0.3) is 0 Å². The van der Waals surface area contributed by atoms with Gasteiger partial charge in [-0.3, -0.25) is 0 Å². The zero-order valence-corrected chi connectivity index (χ0v) is 15.3. The molecule has 4 nitrogen and oxygen atoms in total. The minimum atomic E-state index is -0.173. The normalized spacial score (nSPS) is 50.1. The first kappa shape index (κ1) is 14.9. The number of nitrogens with one attached hydrogen (secondary N) is 1. The van der Waals surface area contributed by atoms with Crippen molar-refractivity contribution in [2.75, 3.05) is 26.9 Å². The Bertz CT molecular complexity index is 760. The van der Waals surface area contributed by atoms with Crippen LogP contribution in [0.15, 0.2) is 24.3 Å². The quantitative estimate of drug-likeness (QED) is 0.882. The third kappa shape index (κ3) is 1.45. The number of hydrogen-bond acceptors (Lipinski definition) is 4. The van der Waals surface area contributed by atoms with Gasteiger partial charge in [-0.05, 0) is 66.5 Å². The molecule has 26 heavy (non-hydrogen) atoms. The fourth-order valence-corrected chi connectivity index (χ4v) is 8.87. The molecule has 4 heteroatoms. The Kier molecular flexibility index (Phi) is 2.77. The number of fused-ring (bicyclic) bond motifs is 4. The molecule has 6 fully saturated rings. The van der Waals surface area contributed by atoms with Crippen LogP contribution in [-0.2, 0) is 15.9 Å². The van der Waals surface area contributed by atoms with Crippen LogP contribution in [0.1, 0.15) is 12.0 Å². The molecular formula is C22H27NO3. The van der Waals surface area contributed by atoms with E-state index in [4.69, 9.17) is 14.2 Å². The average molecular weight is 353 g/mol. The number of methoxy groups -OCH3 is 1. The highest BCUT2D eigenvalue weighted by molar-refractivity contribution is 5.35. The number of ether oxygens (including phenoxy) is 3. The van der Waals surface area contributed by atoms with E-state index in [0.29, 0.717) is 17.9 Å². The van der Waals surface area contributed by atoms with Crippen LogP contribution in [-0.4, -0.2) is 38.7 Å². The molecule has 1 heterocycles. The first-order valence-electron chi connectivity index (χ1n) is 10.5. The second-order valence-electron chi connectivity index (χ2n) is 9.38. The Balaban J connectivity index is 1.13. The van der Waals surface area contributed by atoms with Crippen molar-refractivity contribution in [1.82, 2.24) is 5.32 Å². The fourth-order valence-electron chi connectivity index (χ4n) is 8.87. The summed E-state index contributed by atoms with van der Waals surface area (Å²) in [6.45, 7) is 2.67. The molecule has 1 aromatic rings. The molecule has 0 unspecified atom stereocenters. The summed E-state index contributed by atoms with van der Waals surface area (Å²) in [5, 5.41) is 4.00. The molecule has 6 aliphatic rings. The van der Waals surface area contributed by atoms with Gasteiger partial charge in [-0.1, -0.05) is 18.2 Å². The van der Waals surface area contributed by atoms with Gasteiger partial charge < -0.3 is 19.5 Å². The summed E-state index contributed by atoms with van der Waals surface area (Å²) in [6.07, 6.45) is 2.49. The summed E-state index contributed by atoms with van der Waals surface area (Å²) in [5.41, 5.74) is 1.31. The van der Waals surface area contributed by atoms with Gasteiger partial charge in [0.25, 0.3) is 0 Å². The molecule has 138 valence electrons. The molecule has 1 N–H and O–H groups in total. The summed E-state index contributed by atoms with van der Waals surface area (Å²) in [4.78, 5) is 0. The second kappa shape index (κ2) is 4.84. The van der Waals surface area contributed by atoms with Crippen molar-refractivity contribution in [3.8, 4) is 5.75 Å². The standard InChI is InChI=1S/C22H27NO3/c1-24-14-5-3-2-4-11(14)6-7-23-21-17-12-10-13-16-15(12)18(21)20(16)22(19(13)17)25-8-9-26-22/h2-5,12-13,15-21,23H,6-10H2,1H3/t12-,13+,15-,16+,17+,18-,19-,20+,21-/m0/s1. The molecule has 1 aliphatic heterocycles. The molecule has 0 amide bonds. The summed E-state index contributed by atoms with van der Waals surface area (Å²) in [5.74, 6) is 7.53. The molecule has 5 aliphatic carbocycles. The van der Waals surface area contributed by atoms with Gasteiger partial charge in [-0.25, -0.2) is 0 Å². The highest BCUT2D eigenvalue weighted by atomic mass is 16.7. The summed E-state index contributed by atoms with van der Waals surface area (Å²) >= 11 is 0. The van der Waals surface area contributed by atoms with Crippen molar-refractivity contribution >= 4 is 0 Å². The highest BCUT2D eigenvalue weighted by Gasteiger charge is 2.88. The Labute approximate surface area is 154 Å². The minimum Gasteiger partial charge on any atom is -0.496 e. The zero-order chi connectivity index (χ0) is 17.0. The third-order valence-corrected chi connectivity index (χ3v) is 9.09. The van der Waals surface area contributed by atoms with E-state index in [9.17, 15) is 0 Å². The van der Waals surface area contributed by atoms with Crippen LogP contribution in [0.4, 0.5) is 0 Å². The van der Waals surface area contributed by atoms with E-state index in [1.54, 1.807) is 7.11 Å². The van der Waals surface area contributed by atoms with Crippen LogP contribution in [0, 0.1) is 47.3 Å². The number of hydrogen-bond donors (Lipinski definition) is 1. The summed E-state index contributed by atoms with van der Waals surface area (Å²) < 4.78 is 18.2. The van der Waals surface area contributed by atoms with Gasteiger partial charge in [0.15, 0.2) is 5.79 Å². The van der Waals surface area contributed by atoms with Gasteiger partial charge in [-0.15, -0.1) is 0 Å². The molecule has 9 atom stereocenters. The number of para-hydroxylation sites is 1. The maximum absolute atomic E-state index is 6.35. The average Bonchev–Trinajstić information content (AvgIpc) is 3.34. The zero-order valence-electron chi connectivity index (χ0n) is 15.3. The molecule has 1 aromatic carbocycles. The number of benzene rings is 1. The van der Waals surface area contributed by atoms with Crippen LogP contribution in [0.3, 0.4) is 0 Å². The van der Waals surface area contributed by atoms with E-state index in [1.807, 2.05) is 6.07 Å². The predicted molar refractivity (Wildman–Crippen MR) is 95.7 cm³/mol. The largest absolute Gasteiger partial charge is 0.496 e. The lowest BCUT2D eigenvalue weighted by Gasteiger charge is -2.54. The van der Waals surface area contributed by atoms with Gasteiger partial charge in [0.2, 0.25) is 0 Å². The van der Waals surface area contributed by atoms with Crippen LogP contribution in [0.2, 0.25) is 0 Å². The van der Waals surface area contributed by atoms with Crippen molar-refractivity contribution in [3.63, 3.8) is 0 Å². The van der Waals surface area contributed by atoms with Gasteiger partial charge >= 0.3 is 0 Å². The molecule has 1 saturated heterocycles. The van der Waals surface area contributed by atoms with Crippen LogP contribution >= 0.6 is 0 Å². The predicted octanol–water partition coefficient (Wildman–Crippen LogP) is 2.33. The number of rotatable bonds is 5. The molecule has 0 aromatic heterocycles. The topological polar surface area (TPSA) is 39.7 Å². The second-order valence-corrected chi connectivity index (χ2v) is 9.38. The van der Waals surface area contributed by atoms with Crippen molar-refractivity contribution in [2.24, 2.45) is 47.3 Å². The van der Waals surface area contributed by atoms with Gasteiger partial charge in [0.1, 0.15) is 5.75 Å². The van der Waals surface area contributed by atoms with E-state index < -0.39 is 0 Å². The molecule has 7 rings (SSSR count). The Morgan fingerprint density at radius 2 is 1.88 bits per heavy atom. The molecule has 0 radical (unpaired) electrons. The third-order valence-electron chi connectivity index (χ3n) is 9.09. The van der Waals surface area contributed by atoms with Crippen molar-refractivity contribution < 1.29 is 14.2 Å². The molecule has 5 saturated carbocycles. The van der Waals surface area contributed by atoms with E-state index in [-0.39, 0.29) is 5.79 Å². The molecule has 1 spiro atoms. The Hall–Kier alpha value is -1.10. The SMILES string of the molecule is COc1ccccc1CCN[C@@H]1[C@H]2[C@H]3[C@@H]4C[C@@H]5[C@H]3[C@H]2C2(OCCO2)[C@@H]5[C@@H]41. The van der Waals surface area contributed by atoms with Crippen molar-refractivity contribution in [3.05, 3.63) is 29.8 Å². The lowest BCUT2D eigenvalue weighted by atomic mass is 9.57. The summed E-state index contributed by atoms with van der Waals surface area (Å²) in [6, 6.07) is 9.11. The first-order chi connectivity index (χ1) is 12.8. The first-order valence-corrected chi connectivity index (χ1v) is 10.5. The molecule has 2 bridgehead atoms. The maximum Gasteiger partial charge on any atom is 0.175 e. The monoisotopic (exact) mass is 353 g/mol. The van der Waals surface area contributed by atoms with Gasteiger partial charge in [0, 0.05) is 17.9 Å². The summed E-state index contributed by atoms with van der Waals surface area (Å²) in [7, 11) is 1.77. The van der Waals surface area contributed by atoms with Crippen LogP contribution in [0.5, 0.6) is 5.75 Å². The lowest BCUT2D eigenvalue weighted by molar-refractivity contribution is -0.264. The maximum atomic E-state index is 6.35. The minimum absolute atomic E-state index is 0.173. The van der Waals surface area contributed by atoms with Crippen molar-refractivity contribution in [1.29, 1.82) is 0 Å². The fraction of sp³-hybridized carbons (Fsp3) is 0.727. The lowest BCUT2D eigenvalue weighted by Crippen LogP contribution is -2.62. The van der Waals surface area contributed by atoms with E-state index in [0.717, 1.165) is 67.4 Å². The van der Waals surface area contributed by atoms with Gasteiger partial charge in [-0.2, -0.15) is 0 Å².